The monoisotopic (exact) mass is 477 g/mol. The molecule has 33 heavy (non-hydrogen) atoms. The minimum Gasteiger partial charge on any atom is -0.388 e. The van der Waals surface area contributed by atoms with Crippen LogP contribution in [0.2, 0.25) is 0 Å². The fourth-order valence-corrected chi connectivity index (χ4v) is 5.04. The highest BCUT2D eigenvalue weighted by Gasteiger charge is 2.50. The molecule has 0 spiro atoms. The van der Waals surface area contributed by atoms with Crippen LogP contribution in [-0.2, 0) is 18.9 Å². The average Bonchev–Trinajstić information content (AvgIpc) is 2.76. The van der Waals surface area contributed by atoms with Crippen molar-refractivity contribution < 1.29 is 34.3 Å². The van der Waals surface area contributed by atoms with Gasteiger partial charge >= 0.3 is 0 Å². The van der Waals surface area contributed by atoms with Crippen molar-refractivity contribution in [2.75, 3.05) is 20.7 Å². The largest absolute Gasteiger partial charge is 0.388 e. The fraction of sp³-hybridized carbons (Fsp3) is 1.00. The minimum atomic E-state index is -1.29. The lowest BCUT2D eigenvalue weighted by atomic mass is 9.84. The van der Waals surface area contributed by atoms with Gasteiger partial charge in [-0.1, -0.05) is 0 Å². The molecule has 6 unspecified atom stereocenters. The summed E-state index contributed by atoms with van der Waals surface area (Å²) in [4.78, 5) is 0. The topological polar surface area (TPSA) is 200 Å². The second-order valence-corrected chi connectivity index (χ2v) is 9.91. The van der Waals surface area contributed by atoms with Gasteiger partial charge in [0.25, 0.3) is 0 Å². The highest BCUT2D eigenvalue weighted by atomic mass is 16.7. The van der Waals surface area contributed by atoms with Crippen LogP contribution >= 0.6 is 0 Å². The number of rotatable bonds is 7. The van der Waals surface area contributed by atoms with Gasteiger partial charge in [-0.15, -0.1) is 0 Å². The summed E-state index contributed by atoms with van der Waals surface area (Å²) in [6, 6.07) is -2.11. The Morgan fingerprint density at radius 1 is 0.970 bits per heavy atom. The molecule has 2 heterocycles. The molecule has 12 nitrogen and oxygen atoms in total. The normalized spacial score (nSPS) is 50.2. The number of likely N-dealkylation sites (N-methyl/N-ethyl adjacent to an activating group) is 2. The number of hydrogen-bond acceptors (Lipinski definition) is 12. The van der Waals surface area contributed by atoms with E-state index in [0.29, 0.717) is 12.8 Å². The zero-order valence-electron chi connectivity index (χ0n) is 20.0. The SMILES string of the molecule is CNC(C)C1CC[C@@H](N)[C@@H](OC2C(N)CC(N)[C@H](OC3OC[C@@](C)(O)[C@H](NC)[C@H]3O)[C@H]2O)O1. The summed E-state index contributed by atoms with van der Waals surface area (Å²) in [6.45, 7) is 3.52. The molecule has 11 N–H and O–H groups in total. The molecule has 1 aliphatic carbocycles. The van der Waals surface area contributed by atoms with Gasteiger partial charge in [0.15, 0.2) is 12.6 Å². The van der Waals surface area contributed by atoms with Gasteiger partial charge < -0.3 is 62.1 Å². The first-order chi connectivity index (χ1) is 15.5. The quantitative estimate of drug-likeness (QED) is 0.182. The molecular weight excluding hydrogens is 434 g/mol. The van der Waals surface area contributed by atoms with Crippen molar-refractivity contribution in [1.82, 2.24) is 10.6 Å². The Hall–Kier alpha value is -0.480. The van der Waals surface area contributed by atoms with Crippen LogP contribution in [0.25, 0.3) is 0 Å². The molecule has 0 amide bonds. The summed E-state index contributed by atoms with van der Waals surface area (Å²) >= 11 is 0. The van der Waals surface area contributed by atoms with Gasteiger partial charge in [0.2, 0.25) is 0 Å². The van der Waals surface area contributed by atoms with Gasteiger partial charge in [-0.2, -0.15) is 0 Å². The Balaban J connectivity index is 1.68. The average molecular weight is 478 g/mol. The molecule has 0 aromatic heterocycles. The molecule has 0 radical (unpaired) electrons. The number of hydrogen-bond donors (Lipinski definition) is 8. The van der Waals surface area contributed by atoms with E-state index in [1.807, 2.05) is 14.0 Å². The maximum atomic E-state index is 11.1. The van der Waals surface area contributed by atoms with Crippen molar-refractivity contribution in [2.24, 2.45) is 17.2 Å². The second-order valence-electron chi connectivity index (χ2n) is 9.91. The highest BCUT2D eigenvalue weighted by Crippen LogP contribution is 2.31. The van der Waals surface area contributed by atoms with E-state index in [9.17, 15) is 15.3 Å². The molecule has 2 saturated heterocycles. The van der Waals surface area contributed by atoms with Gasteiger partial charge in [0.05, 0.1) is 24.8 Å². The van der Waals surface area contributed by atoms with Crippen LogP contribution in [0.15, 0.2) is 0 Å². The van der Waals surface area contributed by atoms with Gasteiger partial charge in [-0.3, -0.25) is 0 Å². The number of aliphatic hydroxyl groups excluding tert-OH is 2. The van der Waals surface area contributed by atoms with E-state index >= 15 is 0 Å². The first-order valence-corrected chi connectivity index (χ1v) is 11.8. The van der Waals surface area contributed by atoms with E-state index < -0.39 is 60.7 Å². The van der Waals surface area contributed by atoms with Crippen LogP contribution < -0.4 is 27.8 Å². The predicted octanol–water partition coefficient (Wildman–Crippen LogP) is -3.33. The number of nitrogens with one attached hydrogen (secondary N) is 2. The molecule has 3 fully saturated rings. The van der Waals surface area contributed by atoms with E-state index in [4.69, 9.17) is 36.1 Å². The Labute approximate surface area is 195 Å². The number of aliphatic hydroxyl groups is 3. The Morgan fingerprint density at radius 2 is 1.58 bits per heavy atom. The molecule has 13 atom stereocenters. The van der Waals surface area contributed by atoms with Gasteiger partial charge in [-0.25, -0.2) is 0 Å². The molecule has 3 aliphatic rings. The maximum absolute atomic E-state index is 11.1. The summed E-state index contributed by atoms with van der Waals surface area (Å²) in [5, 5.41) is 38.3. The third-order valence-electron chi connectivity index (χ3n) is 7.24. The minimum absolute atomic E-state index is 0.0620. The third kappa shape index (κ3) is 5.85. The molecule has 3 rings (SSSR count). The first-order valence-electron chi connectivity index (χ1n) is 11.8. The van der Waals surface area contributed by atoms with Crippen molar-refractivity contribution >= 4 is 0 Å². The fourth-order valence-electron chi connectivity index (χ4n) is 5.04. The van der Waals surface area contributed by atoms with Gasteiger partial charge in [-0.05, 0) is 47.2 Å². The van der Waals surface area contributed by atoms with Crippen molar-refractivity contribution in [3.63, 3.8) is 0 Å². The van der Waals surface area contributed by atoms with E-state index in [-0.39, 0.29) is 24.8 Å². The van der Waals surface area contributed by atoms with Crippen molar-refractivity contribution in [3.8, 4) is 0 Å². The van der Waals surface area contributed by atoms with Crippen molar-refractivity contribution in [3.05, 3.63) is 0 Å². The summed E-state index contributed by atoms with van der Waals surface area (Å²) in [6.07, 6.45) is -4.22. The Kier molecular flexibility index (Phi) is 9.09. The molecule has 194 valence electrons. The standard InChI is InChI=1S/C21H43N5O7/c1-9(25-3)13-6-5-10(22)19(31-13)32-16-11(23)7-12(24)17(14(16)27)33-20-15(28)18(26-4)21(2,29)8-30-20/h9-20,25-29H,5-8,22-24H2,1-4H3/t9?,10-,11?,12?,13?,14+,15-,16?,17+,18-,19-,20?,21-/m1/s1. The van der Waals surface area contributed by atoms with Gasteiger partial charge in [0.1, 0.15) is 30.0 Å². The van der Waals surface area contributed by atoms with E-state index in [1.165, 1.54) is 0 Å². The summed E-state index contributed by atoms with van der Waals surface area (Å²) in [7, 11) is 3.49. The summed E-state index contributed by atoms with van der Waals surface area (Å²) in [5.74, 6) is 0. The zero-order chi connectivity index (χ0) is 24.5. The third-order valence-corrected chi connectivity index (χ3v) is 7.24. The number of ether oxygens (including phenoxy) is 4. The van der Waals surface area contributed by atoms with Crippen LogP contribution in [0.5, 0.6) is 0 Å². The Morgan fingerprint density at radius 3 is 2.15 bits per heavy atom. The first kappa shape index (κ1) is 27.1. The molecule has 0 aromatic carbocycles. The number of nitrogens with two attached hydrogens (primary N) is 3. The lowest BCUT2D eigenvalue weighted by Crippen LogP contribution is -2.68. The molecule has 0 bridgehead atoms. The zero-order valence-corrected chi connectivity index (χ0v) is 20.0. The highest BCUT2D eigenvalue weighted by molar-refractivity contribution is 5.02. The predicted molar refractivity (Wildman–Crippen MR) is 120 cm³/mol. The molecule has 0 aromatic rings. The van der Waals surface area contributed by atoms with Gasteiger partial charge in [0, 0.05) is 18.1 Å². The lowest BCUT2D eigenvalue weighted by molar-refractivity contribution is -0.307. The molecule has 1 saturated carbocycles. The van der Waals surface area contributed by atoms with Crippen LogP contribution in [0.4, 0.5) is 0 Å². The van der Waals surface area contributed by atoms with Crippen LogP contribution in [-0.4, -0.2) is 115 Å². The molecule has 2 aliphatic heterocycles. The maximum Gasteiger partial charge on any atom is 0.185 e. The van der Waals surface area contributed by atoms with Crippen LogP contribution in [0.3, 0.4) is 0 Å². The Bertz CT molecular complexity index is 632. The van der Waals surface area contributed by atoms with E-state index in [2.05, 4.69) is 10.6 Å². The second kappa shape index (κ2) is 11.1. The summed E-state index contributed by atoms with van der Waals surface area (Å²) < 4.78 is 23.7. The van der Waals surface area contributed by atoms with E-state index in [0.717, 1.165) is 6.42 Å². The van der Waals surface area contributed by atoms with Crippen LogP contribution in [0.1, 0.15) is 33.1 Å². The van der Waals surface area contributed by atoms with Crippen molar-refractivity contribution in [1.29, 1.82) is 0 Å². The molecular formula is C21H43N5O7. The van der Waals surface area contributed by atoms with E-state index in [1.54, 1.807) is 14.0 Å². The summed E-state index contributed by atoms with van der Waals surface area (Å²) in [5.41, 5.74) is 17.5. The van der Waals surface area contributed by atoms with Crippen molar-refractivity contribution in [2.45, 2.75) is 112 Å². The van der Waals surface area contributed by atoms with Crippen LogP contribution in [0, 0.1) is 0 Å². The molecule has 12 heteroatoms. The smallest absolute Gasteiger partial charge is 0.185 e. The lowest BCUT2D eigenvalue weighted by Gasteiger charge is -2.48.